The molecule has 1 heterocycles. The molecule has 1 amide bonds. The fourth-order valence-electron chi connectivity index (χ4n) is 2.40. The van der Waals surface area contributed by atoms with Crippen LogP contribution in [0, 0.1) is 0 Å². The van der Waals surface area contributed by atoms with Gasteiger partial charge in [0, 0.05) is 6.54 Å². The van der Waals surface area contributed by atoms with Gasteiger partial charge in [-0.1, -0.05) is 19.3 Å². The van der Waals surface area contributed by atoms with Crippen LogP contribution in [0.2, 0.25) is 0 Å². The summed E-state index contributed by atoms with van der Waals surface area (Å²) < 4.78 is 0. The number of nitrogens with two attached hydrogens (primary N) is 1. The molecule has 86 valence electrons. The van der Waals surface area contributed by atoms with E-state index in [1.807, 2.05) is 0 Å². The van der Waals surface area contributed by atoms with Gasteiger partial charge in [0.2, 0.25) is 0 Å². The van der Waals surface area contributed by atoms with E-state index in [-0.39, 0.29) is 5.91 Å². The number of nitrogens with zero attached hydrogens (tertiary/aromatic N) is 1. The van der Waals surface area contributed by atoms with Gasteiger partial charge >= 0.3 is 0 Å². The highest BCUT2D eigenvalue weighted by molar-refractivity contribution is 5.85. The van der Waals surface area contributed by atoms with Gasteiger partial charge in [0.1, 0.15) is 0 Å². The molecule has 0 radical (unpaired) electrons. The average molecular weight is 212 g/mol. The molecule has 2 N–H and O–H groups in total. The largest absolute Gasteiger partial charge is 0.317 e. The molecule has 0 spiro atoms. The fraction of sp³-hybridized carbons (Fsp3) is 0.909. The second kappa shape index (κ2) is 4.49. The van der Waals surface area contributed by atoms with Crippen molar-refractivity contribution < 1.29 is 9.63 Å². The van der Waals surface area contributed by atoms with Gasteiger partial charge in [-0.15, -0.1) is 0 Å². The first-order chi connectivity index (χ1) is 7.22. The third kappa shape index (κ3) is 2.32. The number of rotatable bonds is 1. The van der Waals surface area contributed by atoms with Crippen molar-refractivity contribution in [1.82, 2.24) is 5.06 Å². The number of hydrogen-bond donors (Lipinski definition) is 1. The van der Waals surface area contributed by atoms with Crippen LogP contribution >= 0.6 is 0 Å². The van der Waals surface area contributed by atoms with Crippen molar-refractivity contribution >= 4 is 5.91 Å². The van der Waals surface area contributed by atoms with Gasteiger partial charge in [0.15, 0.2) is 0 Å². The standard InChI is InChI=1S/C11H20N2O2/c12-11(6-2-1-3-7-11)10(14)13-8-4-5-9-15-13/h1-9,12H2. The molecule has 2 rings (SSSR count). The van der Waals surface area contributed by atoms with Crippen molar-refractivity contribution in [2.45, 2.75) is 50.5 Å². The maximum atomic E-state index is 12.2. The zero-order chi connectivity index (χ0) is 10.7. The molecule has 1 saturated carbocycles. The van der Waals surface area contributed by atoms with Crippen LogP contribution < -0.4 is 5.73 Å². The van der Waals surface area contributed by atoms with E-state index in [1.165, 1.54) is 11.5 Å². The van der Waals surface area contributed by atoms with E-state index in [2.05, 4.69) is 0 Å². The summed E-state index contributed by atoms with van der Waals surface area (Å²) in [4.78, 5) is 17.5. The normalized spacial score (nSPS) is 26.3. The third-order valence-corrected chi connectivity index (χ3v) is 3.40. The second-order valence-electron chi connectivity index (χ2n) is 4.66. The number of carbonyl (C=O) groups excluding carboxylic acids is 1. The summed E-state index contributed by atoms with van der Waals surface area (Å²) in [5.74, 6) is 0.00176. The first-order valence-electron chi connectivity index (χ1n) is 5.96. The molecule has 0 aromatic rings. The number of carbonyl (C=O) groups is 1. The highest BCUT2D eigenvalue weighted by Crippen LogP contribution is 2.28. The van der Waals surface area contributed by atoms with Crippen LogP contribution in [0.4, 0.5) is 0 Å². The van der Waals surface area contributed by atoms with Gasteiger partial charge in [-0.25, -0.2) is 5.06 Å². The Bertz CT molecular complexity index is 231. The van der Waals surface area contributed by atoms with Crippen LogP contribution in [0.1, 0.15) is 44.9 Å². The van der Waals surface area contributed by atoms with Gasteiger partial charge in [-0.2, -0.15) is 0 Å². The topological polar surface area (TPSA) is 55.6 Å². The summed E-state index contributed by atoms with van der Waals surface area (Å²) in [7, 11) is 0. The van der Waals surface area contributed by atoms with Gasteiger partial charge in [0.25, 0.3) is 5.91 Å². The van der Waals surface area contributed by atoms with Crippen LogP contribution in [0.3, 0.4) is 0 Å². The van der Waals surface area contributed by atoms with Gasteiger partial charge in [-0.3, -0.25) is 9.63 Å². The van der Waals surface area contributed by atoms with Gasteiger partial charge < -0.3 is 5.73 Å². The maximum absolute atomic E-state index is 12.2. The van der Waals surface area contributed by atoms with Crippen molar-refractivity contribution in [2.24, 2.45) is 5.73 Å². The van der Waals surface area contributed by atoms with E-state index in [9.17, 15) is 4.79 Å². The number of hydroxylamine groups is 2. The Labute approximate surface area is 90.7 Å². The van der Waals surface area contributed by atoms with E-state index in [1.54, 1.807) is 0 Å². The van der Waals surface area contributed by atoms with Crippen LogP contribution in [-0.2, 0) is 9.63 Å². The smallest absolute Gasteiger partial charge is 0.266 e. The van der Waals surface area contributed by atoms with Crippen molar-refractivity contribution in [3.8, 4) is 0 Å². The Hall–Kier alpha value is -0.610. The van der Waals surface area contributed by atoms with Crippen molar-refractivity contribution in [3.63, 3.8) is 0 Å². The summed E-state index contributed by atoms with van der Waals surface area (Å²) >= 11 is 0. The van der Waals surface area contributed by atoms with Crippen molar-refractivity contribution in [1.29, 1.82) is 0 Å². The number of amides is 1. The predicted octanol–water partition coefficient (Wildman–Crippen LogP) is 1.20. The first-order valence-corrected chi connectivity index (χ1v) is 5.96. The molecule has 0 unspecified atom stereocenters. The van der Waals surface area contributed by atoms with Crippen molar-refractivity contribution in [3.05, 3.63) is 0 Å². The van der Waals surface area contributed by atoms with E-state index < -0.39 is 5.54 Å². The minimum atomic E-state index is -0.643. The van der Waals surface area contributed by atoms with Crippen LogP contribution in [-0.4, -0.2) is 29.7 Å². The predicted molar refractivity (Wildman–Crippen MR) is 56.9 cm³/mol. The molecule has 0 aromatic heterocycles. The summed E-state index contributed by atoms with van der Waals surface area (Å²) in [6, 6.07) is 0. The van der Waals surface area contributed by atoms with Gasteiger partial charge in [0.05, 0.1) is 12.1 Å². The summed E-state index contributed by atoms with van der Waals surface area (Å²) in [5.41, 5.74) is 5.52. The third-order valence-electron chi connectivity index (χ3n) is 3.40. The van der Waals surface area contributed by atoms with Crippen LogP contribution in [0.5, 0.6) is 0 Å². The molecule has 0 atom stereocenters. The molecular formula is C11H20N2O2. The van der Waals surface area contributed by atoms with Gasteiger partial charge in [-0.05, 0) is 25.7 Å². The Morgan fingerprint density at radius 3 is 2.47 bits per heavy atom. The number of hydrogen-bond acceptors (Lipinski definition) is 3. The van der Waals surface area contributed by atoms with Crippen molar-refractivity contribution in [2.75, 3.05) is 13.2 Å². The Morgan fingerprint density at radius 2 is 1.87 bits per heavy atom. The highest BCUT2D eigenvalue weighted by atomic mass is 16.7. The quantitative estimate of drug-likeness (QED) is 0.710. The molecule has 1 aliphatic carbocycles. The lowest BCUT2D eigenvalue weighted by Crippen LogP contribution is -2.57. The van der Waals surface area contributed by atoms with E-state index in [0.29, 0.717) is 13.2 Å². The van der Waals surface area contributed by atoms with E-state index in [4.69, 9.17) is 10.6 Å². The van der Waals surface area contributed by atoms with E-state index >= 15 is 0 Å². The monoisotopic (exact) mass is 212 g/mol. The lowest BCUT2D eigenvalue weighted by atomic mass is 9.82. The minimum absolute atomic E-state index is 0.00176. The Balaban J connectivity index is 1.98. The van der Waals surface area contributed by atoms with Crippen LogP contribution in [0.15, 0.2) is 0 Å². The molecule has 4 nitrogen and oxygen atoms in total. The molecule has 4 heteroatoms. The molecule has 0 aromatic carbocycles. The van der Waals surface area contributed by atoms with E-state index in [0.717, 1.165) is 38.5 Å². The lowest BCUT2D eigenvalue weighted by molar-refractivity contribution is -0.203. The lowest BCUT2D eigenvalue weighted by Gasteiger charge is -2.37. The summed E-state index contributed by atoms with van der Waals surface area (Å²) in [6.07, 6.45) is 7.03. The molecule has 2 aliphatic rings. The minimum Gasteiger partial charge on any atom is -0.317 e. The molecule has 1 aliphatic heterocycles. The zero-order valence-corrected chi connectivity index (χ0v) is 9.21. The molecule has 15 heavy (non-hydrogen) atoms. The second-order valence-corrected chi connectivity index (χ2v) is 4.66. The Morgan fingerprint density at radius 1 is 1.13 bits per heavy atom. The summed E-state index contributed by atoms with van der Waals surface area (Å²) in [6.45, 7) is 1.36. The fourth-order valence-corrected chi connectivity index (χ4v) is 2.40. The zero-order valence-electron chi connectivity index (χ0n) is 9.21. The van der Waals surface area contributed by atoms with Crippen LogP contribution in [0.25, 0.3) is 0 Å². The first kappa shape index (κ1) is 10.9. The average Bonchev–Trinajstić information content (AvgIpc) is 2.30. The Kier molecular flexibility index (Phi) is 3.26. The molecule has 2 fully saturated rings. The molecule has 0 bridgehead atoms. The highest BCUT2D eigenvalue weighted by Gasteiger charge is 2.39. The summed E-state index contributed by atoms with van der Waals surface area (Å²) in [5, 5.41) is 1.49. The molecular weight excluding hydrogens is 192 g/mol. The SMILES string of the molecule is NC1(C(=O)N2CCCCO2)CCCCC1. The maximum Gasteiger partial charge on any atom is 0.266 e. The molecule has 1 saturated heterocycles.